The summed E-state index contributed by atoms with van der Waals surface area (Å²) in [4.78, 5) is 28.2. The largest absolute Gasteiger partial charge is 0.481 e. The van der Waals surface area contributed by atoms with Crippen LogP contribution >= 0.6 is 0 Å². The highest BCUT2D eigenvalue weighted by atomic mass is 16.5. The molecule has 0 spiro atoms. The lowest BCUT2D eigenvalue weighted by atomic mass is 10.1. The topological polar surface area (TPSA) is 79.7 Å². The highest BCUT2D eigenvalue weighted by Gasteiger charge is 2.26. The first-order chi connectivity index (χ1) is 8.66. The zero-order valence-corrected chi connectivity index (χ0v) is 9.78. The number of amides is 1. The van der Waals surface area contributed by atoms with E-state index in [0.717, 1.165) is 0 Å². The first-order valence-electron chi connectivity index (χ1n) is 5.69. The van der Waals surface area contributed by atoms with Crippen molar-refractivity contribution in [2.24, 2.45) is 0 Å². The number of carbonyl (C=O) groups is 2. The van der Waals surface area contributed by atoms with Gasteiger partial charge in [-0.1, -0.05) is 0 Å². The summed E-state index contributed by atoms with van der Waals surface area (Å²) < 4.78 is 5.31. The Labute approximate surface area is 104 Å². The lowest BCUT2D eigenvalue weighted by Crippen LogP contribution is -2.46. The molecular weight excluding hydrogens is 236 g/mol. The molecule has 0 radical (unpaired) electrons. The number of carboxylic acid groups (broad SMARTS) is 1. The quantitative estimate of drug-likeness (QED) is 0.839. The van der Waals surface area contributed by atoms with Crippen LogP contribution in [0.15, 0.2) is 24.5 Å². The minimum absolute atomic E-state index is 0.0865. The normalized spacial score (nSPS) is 19.6. The van der Waals surface area contributed by atoms with Crippen molar-refractivity contribution in [2.75, 3.05) is 19.7 Å². The van der Waals surface area contributed by atoms with Gasteiger partial charge in [0.15, 0.2) is 0 Å². The maximum absolute atomic E-state index is 12.1. The second-order valence-corrected chi connectivity index (χ2v) is 4.08. The Hall–Kier alpha value is -1.95. The molecule has 1 aromatic rings. The van der Waals surface area contributed by atoms with Crippen LogP contribution in [0.2, 0.25) is 0 Å². The van der Waals surface area contributed by atoms with Crippen molar-refractivity contribution >= 4 is 11.9 Å². The lowest BCUT2D eigenvalue weighted by Gasteiger charge is -2.32. The van der Waals surface area contributed by atoms with E-state index >= 15 is 0 Å². The monoisotopic (exact) mass is 250 g/mol. The van der Waals surface area contributed by atoms with Gasteiger partial charge in [-0.15, -0.1) is 0 Å². The van der Waals surface area contributed by atoms with E-state index in [1.54, 1.807) is 23.2 Å². The van der Waals surface area contributed by atoms with E-state index < -0.39 is 12.1 Å². The van der Waals surface area contributed by atoms with Crippen LogP contribution in [0.4, 0.5) is 0 Å². The number of hydrogen-bond donors (Lipinski definition) is 1. The molecule has 1 amide bonds. The van der Waals surface area contributed by atoms with Crippen LogP contribution in [0.5, 0.6) is 0 Å². The van der Waals surface area contributed by atoms with E-state index in [-0.39, 0.29) is 12.3 Å². The maximum Gasteiger partial charge on any atom is 0.306 e. The van der Waals surface area contributed by atoms with Crippen LogP contribution < -0.4 is 0 Å². The molecule has 1 aromatic heterocycles. The second-order valence-electron chi connectivity index (χ2n) is 4.08. The Kier molecular flexibility index (Phi) is 3.88. The standard InChI is InChI=1S/C12H14N2O4/c15-11(16)6-10-8-14(4-5-18-10)12(17)9-2-1-3-13-7-9/h1-3,7,10H,4-6,8H2,(H,15,16). The van der Waals surface area contributed by atoms with Gasteiger partial charge in [0.25, 0.3) is 5.91 Å². The summed E-state index contributed by atoms with van der Waals surface area (Å²) in [6, 6.07) is 3.39. The summed E-state index contributed by atoms with van der Waals surface area (Å²) in [5.41, 5.74) is 0.508. The molecule has 1 atom stereocenters. The Bertz CT molecular complexity index is 435. The van der Waals surface area contributed by atoms with Crippen LogP contribution in [-0.2, 0) is 9.53 Å². The van der Waals surface area contributed by atoms with Crippen molar-refractivity contribution in [3.8, 4) is 0 Å². The number of aromatic nitrogens is 1. The summed E-state index contributed by atoms with van der Waals surface area (Å²) in [5, 5.41) is 8.71. The van der Waals surface area contributed by atoms with Gasteiger partial charge in [-0.3, -0.25) is 14.6 Å². The van der Waals surface area contributed by atoms with E-state index in [1.807, 2.05) is 0 Å². The fraction of sp³-hybridized carbons (Fsp3) is 0.417. The number of morpholine rings is 1. The average Bonchev–Trinajstić information content (AvgIpc) is 2.38. The third-order valence-electron chi connectivity index (χ3n) is 2.74. The molecule has 0 aliphatic carbocycles. The number of rotatable bonds is 3. The maximum atomic E-state index is 12.1. The summed E-state index contributed by atoms with van der Waals surface area (Å²) in [6.07, 6.45) is 2.58. The fourth-order valence-corrected chi connectivity index (χ4v) is 1.89. The molecule has 0 aromatic carbocycles. The van der Waals surface area contributed by atoms with E-state index in [2.05, 4.69) is 4.98 Å². The molecule has 2 heterocycles. The minimum Gasteiger partial charge on any atom is -0.481 e. The molecule has 1 saturated heterocycles. The van der Waals surface area contributed by atoms with Gasteiger partial charge in [0.1, 0.15) is 0 Å². The summed E-state index contributed by atoms with van der Waals surface area (Å²) in [7, 11) is 0. The molecule has 1 N–H and O–H groups in total. The van der Waals surface area contributed by atoms with Crippen LogP contribution in [0, 0.1) is 0 Å². The van der Waals surface area contributed by atoms with Gasteiger partial charge in [-0.05, 0) is 12.1 Å². The van der Waals surface area contributed by atoms with E-state index in [0.29, 0.717) is 25.3 Å². The van der Waals surface area contributed by atoms with Crippen molar-refractivity contribution in [1.29, 1.82) is 0 Å². The molecule has 6 nitrogen and oxygen atoms in total. The van der Waals surface area contributed by atoms with Crippen LogP contribution in [-0.4, -0.2) is 52.7 Å². The average molecular weight is 250 g/mol. The molecule has 1 aliphatic rings. The Morgan fingerprint density at radius 3 is 3.06 bits per heavy atom. The van der Waals surface area contributed by atoms with Gasteiger partial charge in [-0.2, -0.15) is 0 Å². The molecule has 0 bridgehead atoms. The molecule has 1 fully saturated rings. The number of carboxylic acids is 1. The first-order valence-corrected chi connectivity index (χ1v) is 5.69. The highest BCUT2D eigenvalue weighted by molar-refractivity contribution is 5.94. The SMILES string of the molecule is O=C(O)CC1CN(C(=O)c2cccnc2)CCO1. The summed E-state index contributed by atoms with van der Waals surface area (Å²) in [5.74, 6) is -1.06. The van der Waals surface area contributed by atoms with E-state index in [1.165, 1.54) is 6.20 Å². The van der Waals surface area contributed by atoms with E-state index in [9.17, 15) is 9.59 Å². The Morgan fingerprint density at radius 1 is 1.56 bits per heavy atom. The Balaban J connectivity index is 2.00. The van der Waals surface area contributed by atoms with E-state index in [4.69, 9.17) is 9.84 Å². The number of aliphatic carboxylic acids is 1. The second kappa shape index (κ2) is 5.59. The smallest absolute Gasteiger partial charge is 0.306 e. The zero-order chi connectivity index (χ0) is 13.0. The molecule has 1 aliphatic heterocycles. The van der Waals surface area contributed by atoms with Gasteiger partial charge in [-0.25, -0.2) is 0 Å². The van der Waals surface area contributed by atoms with Crippen molar-refractivity contribution in [2.45, 2.75) is 12.5 Å². The van der Waals surface area contributed by atoms with Crippen molar-refractivity contribution < 1.29 is 19.4 Å². The van der Waals surface area contributed by atoms with Gasteiger partial charge in [0, 0.05) is 25.5 Å². The van der Waals surface area contributed by atoms with Crippen molar-refractivity contribution in [3.63, 3.8) is 0 Å². The molecule has 1 unspecified atom stereocenters. The molecular formula is C12H14N2O4. The highest BCUT2D eigenvalue weighted by Crippen LogP contribution is 2.12. The zero-order valence-electron chi connectivity index (χ0n) is 9.78. The van der Waals surface area contributed by atoms with Crippen LogP contribution in [0.3, 0.4) is 0 Å². The number of pyridine rings is 1. The van der Waals surface area contributed by atoms with Gasteiger partial charge in [0.2, 0.25) is 0 Å². The number of hydrogen-bond acceptors (Lipinski definition) is 4. The third kappa shape index (κ3) is 3.04. The van der Waals surface area contributed by atoms with Gasteiger partial charge in [0.05, 0.1) is 24.7 Å². The summed E-state index contributed by atoms with van der Waals surface area (Å²) >= 11 is 0. The van der Waals surface area contributed by atoms with Crippen LogP contribution in [0.1, 0.15) is 16.8 Å². The number of carbonyl (C=O) groups excluding carboxylic acids is 1. The predicted octanol–water partition coefficient (Wildman–Crippen LogP) is 0.397. The van der Waals surface area contributed by atoms with Crippen LogP contribution in [0.25, 0.3) is 0 Å². The number of nitrogens with zero attached hydrogens (tertiary/aromatic N) is 2. The van der Waals surface area contributed by atoms with Gasteiger partial charge >= 0.3 is 5.97 Å². The first kappa shape index (κ1) is 12.5. The minimum atomic E-state index is -0.921. The van der Waals surface area contributed by atoms with Gasteiger partial charge < -0.3 is 14.7 Å². The molecule has 96 valence electrons. The van der Waals surface area contributed by atoms with Crippen molar-refractivity contribution in [1.82, 2.24) is 9.88 Å². The molecule has 18 heavy (non-hydrogen) atoms. The number of ether oxygens (including phenoxy) is 1. The lowest BCUT2D eigenvalue weighted by molar-refractivity contribution is -0.141. The third-order valence-corrected chi connectivity index (χ3v) is 2.74. The molecule has 6 heteroatoms. The molecule has 2 rings (SSSR count). The van der Waals surface area contributed by atoms with Crippen molar-refractivity contribution in [3.05, 3.63) is 30.1 Å². The predicted molar refractivity (Wildman–Crippen MR) is 62.1 cm³/mol. The molecule has 0 saturated carbocycles. The fourth-order valence-electron chi connectivity index (χ4n) is 1.89. The Morgan fingerprint density at radius 2 is 2.39 bits per heavy atom. The summed E-state index contributed by atoms with van der Waals surface area (Å²) in [6.45, 7) is 1.15.